The van der Waals surface area contributed by atoms with Gasteiger partial charge >= 0.3 is 0 Å². The van der Waals surface area contributed by atoms with Gasteiger partial charge in [0.15, 0.2) is 0 Å². The fraction of sp³-hybridized carbons (Fsp3) is 0.625. The van der Waals surface area contributed by atoms with Crippen molar-refractivity contribution in [3.05, 3.63) is 35.4 Å². The van der Waals surface area contributed by atoms with Gasteiger partial charge in [-0.25, -0.2) is 0 Å². The molecule has 1 heterocycles. The first-order chi connectivity index (χ1) is 8.28. The number of hydrogen-bond donors (Lipinski definition) is 1. The summed E-state index contributed by atoms with van der Waals surface area (Å²) in [6, 6.07) is 9.91. The molecule has 1 fully saturated rings. The van der Waals surface area contributed by atoms with Crippen molar-refractivity contribution < 1.29 is 0 Å². The standard InChI is InChI=1S/C16H25N/c1-3-4-14-6-8-15(9-7-14)11-16-10-5-13(2)12-17-16/h6-9,13,16-17H,3-5,10-12H2,1-2H3. The zero-order valence-electron chi connectivity index (χ0n) is 11.2. The van der Waals surface area contributed by atoms with Gasteiger partial charge in [-0.3, -0.25) is 0 Å². The van der Waals surface area contributed by atoms with Crippen molar-refractivity contribution in [3.8, 4) is 0 Å². The van der Waals surface area contributed by atoms with Crippen LogP contribution in [0, 0.1) is 5.92 Å². The number of hydrogen-bond acceptors (Lipinski definition) is 1. The lowest BCUT2D eigenvalue weighted by Gasteiger charge is -2.27. The van der Waals surface area contributed by atoms with Crippen LogP contribution in [0.3, 0.4) is 0 Å². The van der Waals surface area contributed by atoms with Crippen molar-refractivity contribution in [1.29, 1.82) is 0 Å². The van der Waals surface area contributed by atoms with Gasteiger partial charge in [0.1, 0.15) is 0 Å². The second-order valence-electron chi connectivity index (χ2n) is 5.56. The first kappa shape index (κ1) is 12.6. The van der Waals surface area contributed by atoms with E-state index in [2.05, 4.69) is 43.4 Å². The van der Waals surface area contributed by atoms with E-state index in [0.717, 1.165) is 5.92 Å². The summed E-state index contributed by atoms with van der Waals surface area (Å²) < 4.78 is 0. The van der Waals surface area contributed by atoms with Crippen LogP contribution in [0.5, 0.6) is 0 Å². The highest BCUT2D eigenvalue weighted by molar-refractivity contribution is 5.23. The smallest absolute Gasteiger partial charge is 0.0108 e. The minimum Gasteiger partial charge on any atom is -0.313 e. The maximum atomic E-state index is 3.66. The zero-order valence-corrected chi connectivity index (χ0v) is 11.2. The molecular formula is C16H25N. The maximum absolute atomic E-state index is 3.66. The predicted molar refractivity (Wildman–Crippen MR) is 74.3 cm³/mol. The second-order valence-corrected chi connectivity index (χ2v) is 5.56. The van der Waals surface area contributed by atoms with Crippen LogP contribution in [0.15, 0.2) is 24.3 Å². The highest BCUT2D eigenvalue weighted by atomic mass is 14.9. The number of rotatable bonds is 4. The molecule has 0 aliphatic carbocycles. The monoisotopic (exact) mass is 231 g/mol. The van der Waals surface area contributed by atoms with E-state index in [1.807, 2.05) is 0 Å². The Morgan fingerprint density at radius 3 is 2.41 bits per heavy atom. The summed E-state index contributed by atoms with van der Waals surface area (Å²) in [7, 11) is 0. The van der Waals surface area contributed by atoms with Gasteiger partial charge in [0.25, 0.3) is 0 Å². The molecule has 1 aliphatic rings. The summed E-state index contributed by atoms with van der Waals surface area (Å²) in [6.45, 7) is 5.77. The third-order valence-corrected chi connectivity index (χ3v) is 3.81. The molecule has 0 radical (unpaired) electrons. The summed E-state index contributed by atoms with van der Waals surface area (Å²) in [5, 5.41) is 3.66. The van der Waals surface area contributed by atoms with Crippen LogP contribution in [-0.4, -0.2) is 12.6 Å². The van der Waals surface area contributed by atoms with E-state index in [9.17, 15) is 0 Å². The van der Waals surface area contributed by atoms with E-state index in [-0.39, 0.29) is 0 Å². The van der Waals surface area contributed by atoms with E-state index in [1.54, 1.807) is 0 Å². The quantitative estimate of drug-likeness (QED) is 0.835. The molecule has 1 heteroatoms. The number of benzene rings is 1. The van der Waals surface area contributed by atoms with Crippen LogP contribution in [-0.2, 0) is 12.8 Å². The molecule has 1 aromatic carbocycles. The Kier molecular flexibility index (Phi) is 4.61. The molecule has 2 rings (SSSR count). The molecule has 0 aromatic heterocycles. The molecule has 1 nitrogen and oxygen atoms in total. The van der Waals surface area contributed by atoms with Crippen molar-refractivity contribution in [3.63, 3.8) is 0 Å². The molecule has 0 spiro atoms. The summed E-state index contributed by atoms with van der Waals surface area (Å²) in [4.78, 5) is 0. The zero-order chi connectivity index (χ0) is 12.1. The van der Waals surface area contributed by atoms with Crippen molar-refractivity contribution >= 4 is 0 Å². The third-order valence-electron chi connectivity index (χ3n) is 3.81. The van der Waals surface area contributed by atoms with Gasteiger partial charge in [-0.05, 0) is 49.3 Å². The Balaban J connectivity index is 1.86. The second kappa shape index (κ2) is 6.20. The largest absolute Gasteiger partial charge is 0.313 e. The fourth-order valence-electron chi connectivity index (χ4n) is 2.65. The highest BCUT2D eigenvalue weighted by Crippen LogP contribution is 2.17. The average molecular weight is 231 g/mol. The Labute approximate surface area is 106 Å². The lowest BCUT2D eigenvalue weighted by atomic mass is 9.92. The fourth-order valence-corrected chi connectivity index (χ4v) is 2.65. The summed E-state index contributed by atoms with van der Waals surface area (Å²) in [5.74, 6) is 0.859. The van der Waals surface area contributed by atoms with E-state index < -0.39 is 0 Å². The lowest BCUT2D eigenvalue weighted by molar-refractivity contribution is 0.326. The van der Waals surface area contributed by atoms with E-state index in [0.29, 0.717) is 6.04 Å². The number of aryl methyl sites for hydroxylation is 1. The van der Waals surface area contributed by atoms with Gasteiger partial charge in [0.2, 0.25) is 0 Å². The van der Waals surface area contributed by atoms with Gasteiger partial charge in [-0.15, -0.1) is 0 Å². The molecule has 1 N–H and O–H groups in total. The van der Waals surface area contributed by atoms with Crippen LogP contribution in [0.1, 0.15) is 44.2 Å². The predicted octanol–water partition coefficient (Wildman–Crippen LogP) is 3.57. The van der Waals surface area contributed by atoms with Gasteiger partial charge in [0, 0.05) is 6.04 Å². The molecular weight excluding hydrogens is 206 g/mol. The molecule has 1 aromatic rings. The topological polar surface area (TPSA) is 12.0 Å². The molecule has 1 aliphatic heterocycles. The third kappa shape index (κ3) is 3.85. The Bertz CT molecular complexity index is 320. The van der Waals surface area contributed by atoms with E-state index in [4.69, 9.17) is 0 Å². The minimum absolute atomic E-state index is 0.697. The summed E-state index contributed by atoms with van der Waals surface area (Å²) >= 11 is 0. The van der Waals surface area contributed by atoms with Crippen LogP contribution >= 0.6 is 0 Å². The van der Waals surface area contributed by atoms with Gasteiger partial charge < -0.3 is 5.32 Å². The van der Waals surface area contributed by atoms with Crippen LogP contribution in [0.2, 0.25) is 0 Å². The molecule has 0 bridgehead atoms. The van der Waals surface area contributed by atoms with Gasteiger partial charge in [-0.2, -0.15) is 0 Å². The molecule has 0 saturated carbocycles. The first-order valence-electron chi connectivity index (χ1n) is 7.09. The van der Waals surface area contributed by atoms with Crippen LogP contribution in [0.25, 0.3) is 0 Å². The summed E-state index contributed by atoms with van der Waals surface area (Å²) in [5.41, 5.74) is 2.96. The Morgan fingerprint density at radius 2 is 1.82 bits per heavy atom. The molecule has 1 saturated heterocycles. The normalized spacial score (nSPS) is 24.8. The average Bonchev–Trinajstić information content (AvgIpc) is 2.35. The molecule has 17 heavy (non-hydrogen) atoms. The van der Waals surface area contributed by atoms with Crippen LogP contribution < -0.4 is 5.32 Å². The first-order valence-corrected chi connectivity index (χ1v) is 7.09. The Hall–Kier alpha value is -0.820. The van der Waals surface area contributed by atoms with Crippen molar-refractivity contribution in [1.82, 2.24) is 5.32 Å². The van der Waals surface area contributed by atoms with Crippen molar-refractivity contribution in [2.75, 3.05) is 6.54 Å². The molecule has 0 amide bonds. The SMILES string of the molecule is CCCc1ccc(CC2CCC(C)CN2)cc1. The highest BCUT2D eigenvalue weighted by Gasteiger charge is 2.17. The number of nitrogens with one attached hydrogen (secondary N) is 1. The minimum atomic E-state index is 0.697. The summed E-state index contributed by atoms with van der Waals surface area (Å²) in [6.07, 6.45) is 6.35. The molecule has 2 unspecified atom stereocenters. The van der Waals surface area contributed by atoms with Gasteiger partial charge in [-0.1, -0.05) is 44.5 Å². The van der Waals surface area contributed by atoms with E-state index >= 15 is 0 Å². The van der Waals surface area contributed by atoms with E-state index in [1.165, 1.54) is 49.8 Å². The van der Waals surface area contributed by atoms with Crippen molar-refractivity contribution in [2.45, 2.75) is 52.0 Å². The van der Waals surface area contributed by atoms with Crippen LogP contribution in [0.4, 0.5) is 0 Å². The molecule has 2 atom stereocenters. The molecule has 94 valence electrons. The number of piperidine rings is 1. The lowest BCUT2D eigenvalue weighted by Crippen LogP contribution is -2.39. The Morgan fingerprint density at radius 1 is 1.12 bits per heavy atom. The van der Waals surface area contributed by atoms with Crippen molar-refractivity contribution in [2.24, 2.45) is 5.92 Å². The maximum Gasteiger partial charge on any atom is 0.0108 e. The van der Waals surface area contributed by atoms with Gasteiger partial charge in [0.05, 0.1) is 0 Å².